The fourth-order valence-electron chi connectivity index (χ4n) is 2.89. The summed E-state index contributed by atoms with van der Waals surface area (Å²) in [5.74, 6) is -0.671. The molecule has 0 atom stereocenters. The van der Waals surface area contributed by atoms with Crippen molar-refractivity contribution >= 4 is 26.9 Å². The van der Waals surface area contributed by atoms with Crippen molar-refractivity contribution in [3.05, 3.63) is 73.4 Å². The van der Waals surface area contributed by atoms with Gasteiger partial charge < -0.3 is 4.42 Å². The number of halogens is 1. The Morgan fingerprint density at radius 3 is 2.48 bits per heavy atom. The van der Waals surface area contributed by atoms with Gasteiger partial charge in [0.2, 0.25) is 0 Å². The van der Waals surface area contributed by atoms with Crippen LogP contribution in [0.3, 0.4) is 0 Å². The third-order valence-corrected chi connectivity index (χ3v) is 4.76. The van der Waals surface area contributed by atoms with E-state index in [1.54, 1.807) is 30.3 Å². The lowest BCUT2D eigenvalue weighted by atomic mass is 10.1. The summed E-state index contributed by atoms with van der Waals surface area (Å²) >= 11 is 3.34. The minimum Gasteiger partial charge on any atom is -0.409 e. The predicted molar refractivity (Wildman–Crippen MR) is 104 cm³/mol. The number of hydrogen-bond donors (Lipinski definition) is 0. The Balaban J connectivity index is 1.94. The Bertz CT molecular complexity index is 986. The average Bonchev–Trinajstić information content (AvgIpc) is 2.61. The summed E-state index contributed by atoms with van der Waals surface area (Å²) in [4.78, 5) is 25.0. The van der Waals surface area contributed by atoms with Crippen LogP contribution in [0.5, 0.6) is 0 Å². The minimum absolute atomic E-state index is 0.294. The van der Waals surface area contributed by atoms with E-state index < -0.39 is 5.76 Å². The summed E-state index contributed by atoms with van der Waals surface area (Å²) in [5, 5.41) is 0.373. The third-order valence-electron chi connectivity index (χ3n) is 4.27. The van der Waals surface area contributed by atoms with E-state index in [-0.39, 0.29) is 5.56 Å². The van der Waals surface area contributed by atoms with Crippen LogP contribution >= 0.6 is 15.9 Å². The molecular weight excluding hydrogens is 382 g/mol. The molecule has 0 bridgehead atoms. The van der Waals surface area contributed by atoms with Gasteiger partial charge in [0.25, 0.3) is 5.56 Å². The van der Waals surface area contributed by atoms with Crippen LogP contribution in [0, 0.1) is 0 Å². The van der Waals surface area contributed by atoms with E-state index in [0.717, 1.165) is 21.9 Å². The number of benzene rings is 2. The summed E-state index contributed by atoms with van der Waals surface area (Å²) in [6.45, 7) is 2.19. The molecule has 25 heavy (non-hydrogen) atoms. The zero-order valence-corrected chi connectivity index (χ0v) is 15.7. The standard InChI is InChI=1S/C20H20BrNO3/c1-2-3-4-5-6-14-7-10-16(11-8-14)22-19(23)17-13-15(21)9-12-18(17)25-20(22)24/h7-13H,2-6H2,1H3. The quantitative estimate of drug-likeness (QED) is 0.555. The van der Waals surface area contributed by atoms with Crippen LogP contribution in [-0.4, -0.2) is 4.57 Å². The monoisotopic (exact) mass is 401 g/mol. The molecule has 5 heteroatoms. The molecule has 1 aromatic heterocycles. The van der Waals surface area contributed by atoms with E-state index in [9.17, 15) is 9.59 Å². The number of nitrogens with zero attached hydrogens (tertiary/aromatic N) is 1. The first kappa shape index (κ1) is 17.7. The normalized spacial score (nSPS) is 11.1. The van der Waals surface area contributed by atoms with Gasteiger partial charge in [0.1, 0.15) is 5.58 Å². The van der Waals surface area contributed by atoms with Crippen LogP contribution in [-0.2, 0) is 6.42 Å². The second-order valence-corrected chi connectivity index (χ2v) is 7.04. The molecule has 0 N–H and O–H groups in total. The lowest BCUT2D eigenvalue weighted by Gasteiger charge is -2.07. The highest BCUT2D eigenvalue weighted by atomic mass is 79.9. The molecule has 0 spiro atoms. The molecule has 130 valence electrons. The molecule has 4 nitrogen and oxygen atoms in total. The topological polar surface area (TPSA) is 52.2 Å². The van der Waals surface area contributed by atoms with Gasteiger partial charge in [-0.05, 0) is 48.7 Å². The number of hydrogen-bond acceptors (Lipinski definition) is 3. The van der Waals surface area contributed by atoms with Gasteiger partial charge >= 0.3 is 5.76 Å². The molecule has 0 aliphatic carbocycles. The molecule has 0 aliphatic heterocycles. The molecular formula is C20H20BrNO3. The highest BCUT2D eigenvalue weighted by Gasteiger charge is 2.11. The highest BCUT2D eigenvalue weighted by Crippen LogP contribution is 2.17. The van der Waals surface area contributed by atoms with Gasteiger partial charge in [0.15, 0.2) is 0 Å². The van der Waals surface area contributed by atoms with Crippen LogP contribution in [0.15, 0.2) is 60.9 Å². The Labute approximate surface area is 154 Å². The fraction of sp³-hybridized carbons (Fsp3) is 0.300. The molecule has 1 heterocycles. The number of aromatic nitrogens is 1. The molecule has 0 aliphatic rings. The van der Waals surface area contributed by atoms with Crippen molar-refractivity contribution in [2.45, 2.75) is 39.0 Å². The maximum absolute atomic E-state index is 12.7. The van der Waals surface area contributed by atoms with Gasteiger partial charge in [0, 0.05) is 4.47 Å². The van der Waals surface area contributed by atoms with Crippen molar-refractivity contribution in [3.63, 3.8) is 0 Å². The largest absolute Gasteiger partial charge is 0.426 e. The second-order valence-electron chi connectivity index (χ2n) is 6.13. The van der Waals surface area contributed by atoms with Gasteiger partial charge in [-0.25, -0.2) is 9.36 Å². The van der Waals surface area contributed by atoms with Crippen molar-refractivity contribution in [2.24, 2.45) is 0 Å². The van der Waals surface area contributed by atoms with Crippen LogP contribution < -0.4 is 11.3 Å². The van der Waals surface area contributed by atoms with E-state index in [2.05, 4.69) is 22.9 Å². The number of unbranched alkanes of at least 4 members (excludes halogenated alkanes) is 3. The van der Waals surface area contributed by atoms with E-state index in [1.807, 2.05) is 12.1 Å². The van der Waals surface area contributed by atoms with Crippen LogP contribution in [0.2, 0.25) is 0 Å². The maximum Gasteiger partial charge on any atom is 0.426 e. The van der Waals surface area contributed by atoms with Gasteiger partial charge in [-0.15, -0.1) is 0 Å². The molecule has 2 aromatic carbocycles. The van der Waals surface area contributed by atoms with E-state index in [1.165, 1.54) is 24.8 Å². The van der Waals surface area contributed by atoms with Crippen LogP contribution in [0.25, 0.3) is 16.7 Å². The lowest BCUT2D eigenvalue weighted by molar-refractivity contribution is 0.504. The minimum atomic E-state index is -0.671. The van der Waals surface area contributed by atoms with Crippen molar-refractivity contribution in [1.82, 2.24) is 4.57 Å². The Kier molecular flexibility index (Phi) is 5.53. The van der Waals surface area contributed by atoms with Gasteiger partial charge in [-0.2, -0.15) is 0 Å². The summed E-state index contributed by atoms with van der Waals surface area (Å²) in [5.41, 5.74) is 1.66. The summed E-state index contributed by atoms with van der Waals surface area (Å²) in [7, 11) is 0. The Hall–Kier alpha value is -2.14. The second kappa shape index (κ2) is 7.83. The first-order valence-electron chi connectivity index (χ1n) is 8.55. The third kappa shape index (κ3) is 3.93. The van der Waals surface area contributed by atoms with Crippen molar-refractivity contribution in [1.29, 1.82) is 0 Å². The van der Waals surface area contributed by atoms with E-state index >= 15 is 0 Å². The van der Waals surface area contributed by atoms with Crippen LogP contribution in [0.1, 0.15) is 38.2 Å². The van der Waals surface area contributed by atoms with Gasteiger partial charge in [-0.1, -0.05) is 54.2 Å². The number of fused-ring (bicyclic) bond motifs is 1. The summed E-state index contributed by atoms with van der Waals surface area (Å²) in [6, 6.07) is 12.6. The predicted octanol–water partition coefficient (Wildman–Crippen LogP) is 4.83. The Morgan fingerprint density at radius 1 is 1.00 bits per heavy atom. The molecule has 3 rings (SSSR count). The highest BCUT2D eigenvalue weighted by molar-refractivity contribution is 9.10. The Morgan fingerprint density at radius 2 is 1.76 bits per heavy atom. The zero-order valence-electron chi connectivity index (χ0n) is 14.1. The van der Waals surface area contributed by atoms with Gasteiger partial charge in [-0.3, -0.25) is 4.79 Å². The zero-order chi connectivity index (χ0) is 17.8. The molecule has 0 unspecified atom stereocenters. The maximum atomic E-state index is 12.7. The number of aryl methyl sites for hydroxylation is 1. The molecule has 0 fully saturated rings. The number of rotatable bonds is 6. The molecule has 0 saturated heterocycles. The van der Waals surface area contributed by atoms with E-state index in [0.29, 0.717) is 16.7 Å². The molecule has 0 radical (unpaired) electrons. The van der Waals surface area contributed by atoms with E-state index in [4.69, 9.17) is 4.42 Å². The lowest BCUT2D eigenvalue weighted by Crippen LogP contribution is -2.30. The molecule has 0 saturated carbocycles. The first-order valence-corrected chi connectivity index (χ1v) is 9.34. The smallest absolute Gasteiger partial charge is 0.409 e. The first-order chi connectivity index (χ1) is 12.1. The fourth-order valence-corrected chi connectivity index (χ4v) is 3.25. The molecule has 3 aromatic rings. The SMILES string of the molecule is CCCCCCc1ccc(-n2c(=O)oc3ccc(Br)cc3c2=O)cc1. The summed E-state index contributed by atoms with van der Waals surface area (Å²) < 4.78 is 7.13. The van der Waals surface area contributed by atoms with Crippen molar-refractivity contribution in [3.8, 4) is 5.69 Å². The van der Waals surface area contributed by atoms with Crippen LogP contribution in [0.4, 0.5) is 0 Å². The summed E-state index contributed by atoms with van der Waals surface area (Å²) in [6.07, 6.45) is 5.85. The van der Waals surface area contributed by atoms with Crippen molar-refractivity contribution in [2.75, 3.05) is 0 Å². The van der Waals surface area contributed by atoms with Gasteiger partial charge in [0.05, 0.1) is 11.1 Å². The average molecular weight is 402 g/mol. The molecule has 0 amide bonds. The van der Waals surface area contributed by atoms with Crippen molar-refractivity contribution < 1.29 is 4.42 Å².